The lowest BCUT2D eigenvalue weighted by Gasteiger charge is -2.25. The van der Waals surface area contributed by atoms with Gasteiger partial charge in [0.2, 0.25) is 17.7 Å². The zero-order valence-electron chi connectivity index (χ0n) is 21.5. The zero-order chi connectivity index (χ0) is 29.4. The molecule has 0 aliphatic heterocycles. The van der Waals surface area contributed by atoms with Gasteiger partial charge < -0.3 is 42.7 Å². The molecule has 0 bridgehead atoms. The number of nitrogens with one attached hydrogen (secondary N) is 3. The number of amides is 3. The summed E-state index contributed by atoms with van der Waals surface area (Å²) in [5, 5.41) is 34.6. The van der Waals surface area contributed by atoms with Crippen molar-refractivity contribution in [2.75, 3.05) is 6.54 Å². The first-order valence-electron chi connectivity index (χ1n) is 12.5. The molecule has 0 aliphatic carbocycles. The van der Waals surface area contributed by atoms with Crippen LogP contribution in [0.1, 0.15) is 50.5 Å². The second-order valence-electron chi connectivity index (χ2n) is 8.97. The lowest BCUT2D eigenvalue weighted by Crippen LogP contribution is -2.57. The van der Waals surface area contributed by atoms with Crippen molar-refractivity contribution in [1.82, 2.24) is 16.0 Å². The molecule has 3 amide bonds. The van der Waals surface area contributed by atoms with Crippen LogP contribution in [0.25, 0.3) is 0 Å². The Kier molecular flexibility index (Phi) is 14.8. The topological polar surface area (TPSA) is 251 Å². The van der Waals surface area contributed by atoms with Gasteiger partial charge in [-0.05, 0) is 44.2 Å². The summed E-state index contributed by atoms with van der Waals surface area (Å²) in [6.07, 6.45) is -0.359. The molecule has 4 atom stereocenters. The number of carboxylic acids is 3. The number of benzene rings is 1. The maximum atomic E-state index is 13.2. The number of aliphatic carboxylic acids is 3. The second-order valence-corrected chi connectivity index (χ2v) is 8.97. The number of rotatable bonds is 19. The van der Waals surface area contributed by atoms with Crippen LogP contribution >= 0.6 is 0 Å². The summed E-state index contributed by atoms with van der Waals surface area (Å²) in [5.41, 5.74) is 11.8. The van der Waals surface area contributed by atoms with Crippen LogP contribution in [0, 0.1) is 0 Å². The monoisotopic (exact) mass is 551 g/mol. The van der Waals surface area contributed by atoms with E-state index in [0.717, 1.165) is 0 Å². The molecule has 0 fully saturated rings. The SMILES string of the molecule is NCCCCC(NC(=O)C(CCC(=O)O)NC(=O)C(Cc1ccccc1)NC(=O)C(N)CCC(=O)O)C(=O)O. The minimum absolute atomic E-state index is 0.0197. The van der Waals surface area contributed by atoms with Gasteiger partial charge >= 0.3 is 17.9 Å². The van der Waals surface area contributed by atoms with Gasteiger partial charge in [-0.25, -0.2) is 4.79 Å². The molecule has 0 saturated heterocycles. The minimum Gasteiger partial charge on any atom is -0.481 e. The Balaban J connectivity index is 3.09. The molecule has 39 heavy (non-hydrogen) atoms. The van der Waals surface area contributed by atoms with Gasteiger partial charge in [-0.15, -0.1) is 0 Å². The molecule has 0 radical (unpaired) electrons. The Morgan fingerprint density at radius 3 is 1.79 bits per heavy atom. The van der Waals surface area contributed by atoms with E-state index < -0.39 is 66.2 Å². The third kappa shape index (κ3) is 13.4. The highest BCUT2D eigenvalue weighted by atomic mass is 16.4. The standard InChI is InChI=1S/C25H37N5O9/c26-13-5-4-8-18(25(38)39)29-23(36)17(10-12-21(33)34)28-24(37)19(14-15-6-2-1-3-7-15)30-22(35)16(27)9-11-20(31)32/h1-3,6-7,16-19H,4-5,8-14,26-27H2,(H,28,37)(H,29,36)(H,30,35)(H,31,32)(H,33,34)(H,38,39). The Hall–Kier alpha value is -4.04. The lowest BCUT2D eigenvalue weighted by atomic mass is 10.0. The van der Waals surface area contributed by atoms with Gasteiger partial charge in [0, 0.05) is 19.3 Å². The summed E-state index contributed by atoms with van der Waals surface area (Å²) in [4.78, 5) is 72.4. The van der Waals surface area contributed by atoms with Crippen LogP contribution in [0.2, 0.25) is 0 Å². The maximum Gasteiger partial charge on any atom is 0.326 e. The van der Waals surface area contributed by atoms with Gasteiger partial charge in [-0.1, -0.05) is 30.3 Å². The average Bonchev–Trinajstić information content (AvgIpc) is 2.88. The van der Waals surface area contributed by atoms with Crippen molar-refractivity contribution in [3.63, 3.8) is 0 Å². The number of hydrogen-bond acceptors (Lipinski definition) is 8. The quantitative estimate of drug-likeness (QED) is 0.0963. The van der Waals surface area contributed by atoms with E-state index >= 15 is 0 Å². The number of carbonyl (C=O) groups is 6. The van der Waals surface area contributed by atoms with Gasteiger partial charge in [0.15, 0.2) is 0 Å². The van der Waals surface area contributed by atoms with Gasteiger partial charge in [-0.3, -0.25) is 24.0 Å². The fourth-order valence-corrected chi connectivity index (χ4v) is 3.58. The molecule has 1 aromatic carbocycles. The first-order chi connectivity index (χ1) is 18.4. The molecule has 0 aromatic heterocycles. The van der Waals surface area contributed by atoms with E-state index in [9.17, 15) is 33.9 Å². The first kappa shape index (κ1) is 33.0. The van der Waals surface area contributed by atoms with Gasteiger partial charge in [-0.2, -0.15) is 0 Å². The van der Waals surface area contributed by atoms with Crippen LogP contribution in [0.3, 0.4) is 0 Å². The summed E-state index contributed by atoms with van der Waals surface area (Å²) in [6, 6.07) is 3.40. The average molecular weight is 552 g/mol. The summed E-state index contributed by atoms with van der Waals surface area (Å²) >= 11 is 0. The third-order valence-corrected chi connectivity index (χ3v) is 5.76. The normalized spacial score (nSPS) is 13.8. The van der Waals surface area contributed by atoms with Crippen LogP contribution in [0.4, 0.5) is 0 Å². The summed E-state index contributed by atoms with van der Waals surface area (Å²) < 4.78 is 0. The minimum atomic E-state index is -1.42. The second kappa shape index (κ2) is 17.5. The molecule has 4 unspecified atom stereocenters. The number of nitrogens with two attached hydrogens (primary N) is 2. The molecule has 216 valence electrons. The predicted molar refractivity (Wildman–Crippen MR) is 138 cm³/mol. The molecule has 14 nitrogen and oxygen atoms in total. The predicted octanol–water partition coefficient (Wildman–Crippen LogP) is -1.05. The van der Waals surface area contributed by atoms with Gasteiger partial charge in [0.25, 0.3) is 0 Å². The van der Waals surface area contributed by atoms with Crippen molar-refractivity contribution >= 4 is 35.6 Å². The third-order valence-electron chi connectivity index (χ3n) is 5.76. The molecule has 0 aliphatic rings. The van der Waals surface area contributed by atoms with E-state index in [-0.39, 0.29) is 32.1 Å². The first-order valence-corrected chi connectivity index (χ1v) is 12.5. The molecule has 14 heteroatoms. The van der Waals surface area contributed by atoms with Crippen molar-refractivity contribution in [3.05, 3.63) is 35.9 Å². The Bertz CT molecular complexity index is 989. The van der Waals surface area contributed by atoms with Crippen LogP contribution in [0.5, 0.6) is 0 Å². The Morgan fingerprint density at radius 1 is 0.692 bits per heavy atom. The zero-order valence-corrected chi connectivity index (χ0v) is 21.5. The fraction of sp³-hybridized carbons (Fsp3) is 0.520. The van der Waals surface area contributed by atoms with E-state index in [2.05, 4.69) is 16.0 Å². The van der Waals surface area contributed by atoms with Crippen molar-refractivity contribution in [1.29, 1.82) is 0 Å². The van der Waals surface area contributed by atoms with Gasteiger partial charge in [0.05, 0.1) is 6.04 Å². The molecule has 0 saturated carbocycles. The fourth-order valence-electron chi connectivity index (χ4n) is 3.58. The summed E-state index contributed by atoms with van der Waals surface area (Å²) in [6.45, 7) is 0.339. The van der Waals surface area contributed by atoms with E-state index in [1.165, 1.54) is 0 Å². The molecular weight excluding hydrogens is 514 g/mol. The van der Waals surface area contributed by atoms with Crippen LogP contribution in [-0.4, -0.2) is 81.7 Å². The highest BCUT2D eigenvalue weighted by Gasteiger charge is 2.30. The number of unbranched alkanes of at least 4 members (excludes halogenated alkanes) is 1. The van der Waals surface area contributed by atoms with Crippen molar-refractivity contribution in [2.24, 2.45) is 11.5 Å². The molecule has 1 aromatic rings. The highest BCUT2D eigenvalue weighted by Crippen LogP contribution is 2.08. The van der Waals surface area contributed by atoms with Crippen LogP contribution in [-0.2, 0) is 35.2 Å². The van der Waals surface area contributed by atoms with Crippen molar-refractivity contribution in [2.45, 2.75) is 75.5 Å². The molecule has 1 rings (SSSR count). The molecule has 0 spiro atoms. The van der Waals surface area contributed by atoms with Crippen LogP contribution < -0.4 is 27.4 Å². The Labute approximate surface area is 225 Å². The van der Waals surface area contributed by atoms with Crippen molar-refractivity contribution < 1.29 is 44.1 Å². The lowest BCUT2D eigenvalue weighted by molar-refractivity contribution is -0.143. The largest absolute Gasteiger partial charge is 0.481 e. The number of carboxylic acid groups (broad SMARTS) is 3. The van der Waals surface area contributed by atoms with E-state index in [1.807, 2.05) is 0 Å². The number of carbonyl (C=O) groups excluding carboxylic acids is 3. The molecular formula is C25H37N5O9. The van der Waals surface area contributed by atoms with E-state index in [1.54, 1.807) is 30.3 Å². The Morgan fingerprint density at radius 2 is 1.23 bits per heavy atom. The summed E-state index contributed by atoms with van der Waals surface area (Å²) in [5.74, 6) is -6.20. The maximum absolute atomic E-state index is 13.2. The molecule has 10 N–H and O–H groups in total. The summed E-state index contributed by atoms with van der Waals surface area (Å²) in [7, 11) is 0. The highest BCUT2D eigenvalue weighted by molar-refractivity contribution is 5.94. The van der Waals surface area contributed by atoms with E-state index in [4.69, 9.17) is 21.7 Å². The van der Waals surface area contributed by atoms with Gasteiger partial charge in [0.1, 0.15) is 18.1 Å². The van der Waals surface area contributed by atoms with E-state index in [0.29, 0.717) is 24.9 Å². The molecule has 0 heterocycles. The van der Waals surface area contributed by atoms with Crippen molar-refractivity contribution in [3.8, 4) is 0 Å². The number of hydrogen-bond donors (Lipinski definition) is 8. The smallest absolute Gasteiger partial charge is 0.326 e. The van der Waals surface area contributed by atoms with Crippen LogP contribution in [0.15, 0.2) is 30.3 Å².